The molecule has 5 heteroatoms. The van der Waals surface area contributed by atoms with Gasteiger partial charge in [-0.1, -0.05) is 0 Å². The molecule has 2 aliphatic carbocycles. The quantitative estimate of drug-likeness (QED) is 0.915. The molecule has 0 radical (unpaired) electrons. The Morgan fingerprint density at radius 1 is 1.30 bits per heavy atom. The van der Waals surface area contributed by atoms with Gasteiger partial charge in [-0.25, -0.2) is 4.98 Å². The van der Waals surface area contributed by atoms with E-state index in [1.807, 2.05) is 17.5 Å². The van der Waals surface area contributed by atoms with Gasteiger partial charge in [0.2, 0.25) is 0 Å². The lowest BCUT2D eigenvalue weighted by Gasteiger charge is -2.15. The molecule has 0 aromatic carbocycles. The minimum atomic E-state index is 0.159. The van der Waals surface area contributed by atoms with Crippen molar-refractivity contribution in [2.45, 2.75) is 44.2 Å². The third kappa shape index (κ3) is 2.54. The first-order valence-electron chi connectivity index (χ1n) is 7.15. The fourth-order valence-corrected chi connectivity index (χ4v) is 4.12. The smallest absolute Gasteiger partial charge is 0.116 e. The Hall–Kier alpha value is -0.780. The average molecular weight is 350 g/mol. The second-order valence-electron chi connectivity index (χ2n) is 5.55. The Kier molecular flexibility index (Phi) is 3.36. The van der Waals surface area contributed by atoms with Gasteiger partial charge in [0.15, 0.2) is 0 Å². The molecule has 2 aromatic rings. The van der Waals surface area contributed by atoms with Crippen LogP contribution in [0.25, 0.3) is 0 Å². The molecule has 3 nitrogen and oxygen atoms in total. The van der Waals surface area contributed by atoms with E-state index in [9.17, 15) is 0 Å². The molecule has 2 aromatic heterocycles. The van der Waals surface area contributed by atoms with Crippen molar-refractivity contribution in [3.05, 3.63) is 44.1 Å². The molecule has 104 valence electrons. The first kappa shape index (κ1) is 12.9. The molecule has 0 amide bonds. The van der Waals surface area contributed by atoms with E-state index in [4.69, 9.17) is 4.98 Å². The lowest BCUT2D eigenvalue weighted by Crippen LogP contribution is -2.25. The van der Waals surface area contributed by atoms with Crippen molar-refractivity contribution in [1.82, 2.24) is 15.3 Å². The molecule has 2 heterocycles. The van der Waals surface area contributed by atoms with Gasteiger partial charge in [-0.2, -0.15) is 0 Å². The first-order valence-corrected chi connectivity index (χ1v) is 8.76. The number of nitrogens with zero attached hydrogens (tertiary/aromatic N) is 2. The lowest BCUT2D eigenvalue weighted by atomic mass is 10.2. The van der Waals surface area contributed by atoms with Crippen LogP contribution in [0.2, 0.25) is 0 Å². The molecule has 0 bridgehead atoms. The SMILES string of the molecule is Brc1ccc(C(NC2CC2)c2nc3c(s2)CCC3)nc1. The van der Waals surface area contributed by atoms with Crippen LogP contribution in [0.5, 0.6) is 0 Å². The molecule has 1 atom stereocenters. The van der Waals surface area contributed by atoms with Crippen molar-refractivity contribution in [2.24, 2.45) is 0 Å². The summed E-state index contributed by atoms with van der Waals surface area (Å²) in [7, 11) is 0. The highest BCUT2D eigenvalue weighted by Gasteiger charge is 2.30. The molecule has 1 unspecified atom stereocenters. The van der Waals surface area contributed by atoms with Gasteiger partial charge < -0.3 is 5.32 Å². The van der Waals surface area contributed by atoms with Gasteiger partial charge in [0, 0.05) is 21.6 Å². The van der Waals surface area contributed by atoms with E-state index in [1.165, 1.54) is 41.3 Å². The molecule has 20 heavy (non-hydrogen) atoms. The largest absolute Gasteiger partial charge is 0.300 e. The molecular formula is C15H16BrN3S. The molecule has 0 saturated heterocycles. The summed E-state index contributed by atoms with van der Waals surface area (Å²) in [5, 5.41) is 4.89. The van der Waals surface area contributed by atoms with Crippen molar-refractivity contribution in [3.63, 3.8) is 0 Å². The van der Waals surface area contributed by atoms with Crippen molar-refractivity contribution in [1.29, 1.82) is 0 Å². The van der Waals surface area contributed by atoms with Gasteiger partial charge in [0.25, 0.3) is 0 Å². The number of aromatic nitrogens is 2. The summed E-state index contributed by atoms with van der Waals surface area (Å²) < 4.78 is 1.02. The third-order valence-electron chi connectivity index (χ3n) is 3.88. The minimum absolute atomic E-state index is 0.159. The molecule has 1 saturated carbocycles. The maximum Gasteiger partial charge on any atom is 0.116 e. The number of rotatable bonds is 4. The summed E-state index contributed by atoms with van der Waals surface area (Å²) in [5.74, 6) is 0. The number of fused-ring (bicyclic) bond motifs is 1. The van der Waals surface area contributed by atoms with Crippen LogP contribution in [0.15, 0.2) is 22.8 Å². The van der Waals surface area contributed by atoms with Gasteiger partial charge >= 0.3 is 0 Å². The standard InChI is InChI=1S/C15H16BrN3S/c16-9-4-7-12(17-8-9)14(18-10-5-6-10)15-19-11-2-1-3-13(11)20-15/h4,7-8,10,14,18H,1-3,5-6H2. The van der Waals surface area contributed by atoms with E-state index >= 15 is 0 Å². The Balaban J connectivity index is 1.68. The van der Waals surface area contributed by atoms with Gasteiger partial charge in [-0.3, -0.25) is 4.98 Å². The molecule has 0 aliphatic heterocycles. The van der Waals surface area contributed by atoms with Gasteiger partial charge in [-0.05, 0) is 60.2 Å². The number of thiazole rings is 1. The third-order valence-corrected chi connectivity index (χ3v) is 5.58. The van der Waals surface area contributed by atoms with E-state index in [2.05, 4.69) is 38.4 Å². The molecule has 1 N–H and O–H groups in total. The van der Waals surface area contributed by atoms with Gasteiger partial charge in [0.05, 0.1) is 11.4 Å². The molecular weight excluding hydrogens is 334 g/mol. The summed E-state index contributed by atoms with van der Waals surface area (Å²) in [4.78, 5) is 10.9. The fraction of sp³-hybridized carbons (Fsp3) is 0.467. The van der Waals surface area contributed by atoms with Gasteiger partial charge in [0.1, 0.15) is 11.0 Å². The summed E-state index contributed by atoms with van der Waals surface area (Å²) in [6.07, 6.45) is 8.05. The Bertz CT molecular complexity index is 597. The predicted molar refractivity (Wildman–Crippen MR) is 84.1 cm³/mol. The van der Waals surface area contributed by atoms with E-state index in [0.717, 1.165) is 16.6 Å². The van der Waals surface area contributed by atoms with E-state index < -0.39 is 0 Å². The van der Waals surface area contributed by atoms with Crippen LogP contribution in [0, 0.1) is 0 Å². The Morgan fingerprint density at radius 3 is 2.90 bits per heavy atom. The zero-order valence-corrected chi connectivity index (χ0v) is 13.5. The second-order valence-corrected chi connectivity index (χ2v) is 7.58. The zero-order chi connectivity index (χ0) is 13.5. The van der Waals surface area contributed by atoms with Crippen molar-refractivity contribution < 1.29 is 0 Å². The maximum absolute atomic E-state index is 4.88. The summed E-state index contributed by atoms with van der Waals surface area (Å²) in [6.45, 7) is 0. The summed E-state index contributed by atoms with van der Waals surface area (Å²) in [6, 6.07) is 4.96. The normalized spacial score (nSPS) is 19.1. The number of halogens is 1. The van der Waals surface area contributed by atoms with Crippen LogP contribution in [-0.4, -0.2) is 16.0 Å². The van der Waals surface area contributed by atoms with E-state index in [0.29, 0.717) is 6.04 Å². The topological polar surface area (TPSA) is 37.8 Å². The van der Waals surface area contributed by atoms with Gasteiger partial charge in [-0.15, -0.1) is 11.3 Å². The number of pyridine rings is 1. The summed E-state index contributed by atoms with van der Waals surface area (Å²) in [5.41, 5.74) is 2.40. The number of hydrogen-bond donors (Lipinski definition) is 1. The van der Waals surface area contributed by atoms with E-state index in [-0.39, 0.29) is 6.04 Å². The fourth-order valence-electron chi connectivity index (χ4n) is 2.66. The summed E-state index contributed by atoms with van der Waals surface area (Å²) >= 11 is 5.33. The number of aryl methyl sites for hydroxylation is 2. The monoisotopic (exact) mass is 349 g/mol. The molecule has 4 rings (SSSR count). The first-order chi connectivity index (χ1) is 9.79. The highest BCUT2D eigenvalue weighted by atomic mass is 79.9. The number of nitrogens with one attached hydrogen (secondary N) is 1. The van der Waals surface area contributed by atoms with Crippen LogP contribution >= 0.6 is 27.3 Å². The predicted octanol–water partition coefficient (Wildman–Crippen LogP) is 3.63. The van der Waals surface area contributed by atoms with Crippen LogP contribution in [0.1, 0.15) is 46.6 Å². The Labute approximate surface area is 131 Å². The second kappa shape index (κ2) is 5.20. The van der Waals surface area contributed by atoms with Crippen molar-refractivity contribution >= 4 is 27.3 Å². The van der Waals surface area contributed by atoms with Crippen LogP contribution in [-0.2, 0) is 12.8 Å². The van der Waals surface area contributed by atoms with Crippen molar-refractivity contribution in [3.8, 4) is 0 Å². The number of hydrogen-bond acceptors (Lipinski definition) is 4. The van der Waals surface area contributed by atoms with Crippen LogP contribution < -0.4 is 5.32 Å². The van der Waals surface area contributed by atoms with Crippen LogP contribution in [0.3, 0.4) is 0 Å². The van der Waals surface area contributed by atoms with E-state index in [1.54, 1.807) is 0 Å². The highest BCUT2D eigenvalue weighted by molar-refractivity contribution is 9.10. The minimum Gasteiger partial charge on any atom is -0.300 e. The maximum atomic E-state index is 4.88. The molecule has 1 fully saturated rings. The average Bonchev–Trinajstić information content (AvgIpc) is 3.01. The van der Waals surface area contributed by atoms with Crippen molar-refractivity contribution in [2.75, 3.05) is 0 Å². The highest BCUT2D eigenvalue weighted by Crippen LogP contribution is 2.35. The van der Waals surface area contributed by atoms with Crippen LogP contribution in [0.4, 0.5) is 0 Å². The molecule has 0 spiro atoms. The molecule has 2 aliphatic rings. The Morgan fingerprint density at radius 2 is 2.20 bits per heavy atom. The lowest BCUT2D eigenvalue weighted by molar-refractivity contribution is 0.583. The zero-order valence-electron chi connectivity index (χ0n) is 11.1.